The Balaban J connectivity index is 0.00000588. The number of unbranched alkanes of at least 4 members (excludes halogenated alkanes) is 15. The maximum atomic E-state index is 6.65. The van der Waals surface area contributed by atoms with Crippen molar-refractivity contribution in [2.24, 2.45) is 0 Å². The summed E-state index contributed by atoms with van der Waals surface area (Å²) in [4.78, 5) is 0. The van der Waals surface area contributed by atoms with E-state index in [2.05, 4.69) is 34.8 Å². The first-order valence-corrected chi connectivity index (χ1v) is 17.0. The average Bonchev–Trinajstić information content (AvgIpc) is 3.39. The molecule has 228 valence electrons. The lowest BCUT2D eigenvalue weighted by Crippen LogP contribution is -3.00. The molecule has 0 fully saturated rings. The van der Waals surface area contributed by atoms with E-state index in [0.717, 1.165) is 17.7 Å². The molecule has 1 heterocycles. The van der Waals surface area contributed by atoms with Crippen molar-refractivity contribution in [3.8, 4) is 0 Å². The molecule has 41 heavy (non-hydrogen) atoms. The Labute approximate surface area is 279 Å². The van der Waals surface area contributed by atoms with Gasteiger partial charge in [0.25, 0.3) is 0 Å². The summed E-state index contributed by atoms with van der Waals surface area (Å²) in [6, 6.07) is 11.1. The Bertz CT molecular complexity index is 1080. The van der Waals surface area contributed by atoms with Gasteiger partial charge in [0.15, 0.2) is 6.04 Å². The van der Waals surface area contributed by atoms with Crippen molar-refractivity contribution in [2.45, 2.75) is 122 Å². The summed E-state index contributed by atoms with van der Waals surface area (Å²) in [7, 11) is 0. The highest BCUT2D eigenvalue weighted by Crippen LogP contribution is 2.37. The molecule has 0 bridgehead atoms. The highest BCUT2D eigenvalue weighted by atomic mass is 79.9. The van der Waals surface area contributed by atoms with Gasteiger partial charge in [0.05, 0.1) is 6.54 Å². The molecule has 0 N–H and O–H groups in total. The molecular formula is C34H47BrCl4N2. The molecule has 7 heteroatoms. The maximum Gasteiger partial charge on any atom is 0.244 e. The maximum absolute atomic E-state index is 6.65. The zero-order chi connectivity index (χ0) is 28.6. The number of halogens is 5. The Morgan fingerprint density at radius 2 is 1.02 bits per heavy atom. The van der Waals surface area contributed by atoms with Crippen molar-refractivity contribution >= 4 is 46.4 Å². The molecule has 0 aliphatic heterocycles. The van der Waals surface area contributed by atoms with E-state index in [9.17, 15) is 0 Å². The van der Waals surface area contributed by atoms with Crippen LogP contribution in [-0.4, -0.2) is 4.57 Å². The van der Waals surface area contributed by atoms with Crippen LogP contribution >= 0.6 is 46.4 Å². The lowest BCUT2D eigenvalue weighted by Gasteiger charge is -2.18. The molecule has 1 aromatic heterocycles. The molecule has 3 aromatic rings. The number of aryl methyl sites for hydroxylation is 1. The van der Waals surface area contributed by atoms with Gasteiger partial charge in [-0.15, -0.1) is 0 Å². The van der Waals surface area contributed by atoms with Crippen molar-refractivity contribution < 1.29 is 21.5 Å². The Kier molecular flexibility index (Phi) is 18.7. The van der Waals surface area contributed by atoms with Crippen LogP contribution in [0, 0.1) is 0 Å². The quantitative estimate of drug-likeness (QED) is 0.0819. The van der Waals surface area contributed by atoms with Gasteiger partial charge in [-0.1, -0.05) is 155 Å². The summed E-state index contributed by atoms with van der Waals surface area (Å²) in [5.74, 6) is 0. The van der Waals surface area contributed by atoms with Crippen molar-refractivity contribution in [3.05, 3.63) is 86.3 Å². The van der Waals surface area contributed by atoms with Gasteiger partial charge in [0.2, 0.25) is 6.33 Å². The monoisotopic (exact) mass is 702 g/mol. The van der Waals surface area contributed by atoms with Crippen LogP contribution in [0.5, 0.6) is 0 Å². The van der Waals surface area contributed by atoms with Crippen molar-refractivity contribution in [1.82, 2.24) is 4.57 Å². The van der Waals surface area contributed by atoms with Gasteiger partial charge in [-0.3, -0.25) is 0 Å². The van der Waals surface area contributed by atoms with E-state index in [0.29, 0.717) is 20.1 Å². The van der Waals surface area contributed by atoms with Gasteiger partial charge in [-0.2, -0.15) is 0 Å². The van der Waals surface area contributed by atoms with Crippen molar-refractivity contribution in [3.63, 3.8) is 0 Å². The summed E-state index contributed by atoms with van der Waals surface area (Å²) in [6.07, 6.45) is 28.5. The molecule has 3 rings (SSSR count). The summed E-state index contributed by atoms with van der Waals surface area (Å²) in [6.45, 7) is 3.29. The number of hydrogen-bond donors (Lipinski definition) is 0. The van der Waals surface area contributed by atoms with E-state index in [1.165, 1.54) is 103 Å². The molecule has 0 saturated carbocycles. The Morgan fingerprint density at radius 1 is 0.610 bits per heavy atom. The first kappa shape index (κ1) is 36.5. The summed E-state index contributed by atoms with van der Waals surface area (Å²) in [5, 5.41) is 2.45. The minimum atomic E-state index is -0.179. The number of aromatic nitrogens is 2. The highest BCUT2D eigenvalue weighted by Gasteiger charge is 2.26. The molecular weight excluding hydrogens is 658 g/mol. The first-order valence-electron chi connectivity index (χ1n) is 15.5. The third kappa shape index (κ3) is 13.2. The standard InChI is InChI=1S/C34H47Cl4N2.BrH/c1-2-3-4-5-6-7-8-9-10-11-12-13-14-15-16-17-22-39-23-24-40(27-39)34(30-20-18-28(35)25-32(30)37)31-21-19-29(36)26-33(31)38;/h18-21,23-27,34H,2-17,22H2,1H3;1H/q+1;/p-1. The van der Waals surface area contributed by atoms with E-state index in [-0.39, 0.29) is 23.0 Å². The van der Waals surface area contributed by atoms with Crippen LogP contribution in [0.3, 0.4) is 0 Å². The van der Waals surface area contributed by atoms with E-state index < -0.39 is 0 Å². The number of benzene rings is 2. The average molecular weight is 705 g/mol. The number of imidazole rings is 1. The van der Waals surface area contributed by atoms with Crippen LogP contribution in [0.1, 0.15) is 127 Å². The number of nitrogens with zero attached hydrogens (tertiary/aromatic N) is 2. The molecule has 2 nitrogen and oxygen atoms in total. The van der Waals surface area contributed by atoms with Gasteiger partial charge in [-0.05, 0) is 37.1 Å². The van der Waals surface area contributed by atoms with E-state index >= 15 is 0 Å². The second kappa shape index (κ2) is 21.1. The zero-order valence-corrected chi connectivity index (χ0v) is 29.2. The van der Waals surface area contributed by atoms with Crippen LogP contribution in [0.15, 0.2) is 55.1 Å². The van der Waals surface area contributed by atoms with Crippen LogP contribution in [-0.2, 0) is 6.54 Å². The lowest BCUT2D eigenvalue weighted by atomic mass is 9.98. The topological polar surface area (TPSA) is 8.81 Å². The smallest absolute Gasteiger partial charge is 0.244 e. The summed E-state index contributed by atoms with van der Waals surface area (Å²) < 4.78 is 4.42. The minimum absolute atomic E-state index is 0. The Hall–Kier alpha value is -0.710. The van der Waals surface area contributed by atoms with Gasteiger partial charge in [-0.25, -0.2) is 9.13 Å². The summed E-state index contributed by atoms with van der Waals surface area (Å²) >= 11 is 25.7. The van der Waals surface area contributed by atoms with Gasteiger partial charge in [0.1, 0.15) is 12.4 Å². The molecule has 0 amide bonds. The molecule has 0 atom stereocenters. The molecule has 0 aliphatic rings. The highest BCUT2D eigenvalue weighted by molar-refractivity contribution is 6.36. The first-order chi connectivity index (χ1) is 19.5. The van der Waals surface area contributed by atoms with Crippen molar-refractivity contribution in [1.29, 1.82) is 0 Å². The molecule has 0 aliphatic carbocycles. The van der Waals surface area contributed by atoms with E-state index in [4.69, 9.17) is 46.4 Å². The second-order valence-electron chi connectivity index (χ2n) is 11.1. The normalized spacial score (nSPS) is 11.3. The zero-order valence-electron chi connectivity index (χ0n) is 24.6. The number of rotatable bonds is 20. The van der Waals surface area contributed by atoms with Crippen LogP contribution < -0.4 is 21.5 Å². The predicted octanol–water partition coefficient (Wildman–Crippen LogP) is 9.29. The minimum Gasteiger partial charge on any atom is -1.00 e. The fourth-order valence-electron chi connectivity index (χ4n) is 5.47. The van der Waals surface area contributed by atoms with Crippen LogP contribution in [0.25, 0.3) is 0 Å². The van der Waals surface area contributed by atoms with E-state index in [1.807, 2.05) is 24.3 Å². The van der Waals surface area contributed by atoms with E-state index in [1.54, 1.807) is 12.1 Å². The van der Waals surface area contributed by atoms with Crippen molar-refractivity contribution in [2.75, 3.05) is 0 Å². The predicted molar refractivity (Wildman–Crippen MR) is 174 cm³/mol. The van der Waals surface area contributed by atoms with Gasteiger partial charge < -0.3 is 17.0 Å². The van der Waals surface area contributed by atoms with Crippen LogP contribution in [0.2, 0.25) is 20.1 Å². The Morgan fingerprint density at radius 3 is 1.44 bits per heavy atom. The van der Waals surface area contributed by atoms with Crippen LogP contribution in [0.4, 0.5) is 0 Å². The molecule has 0 unspecified atom stereocenters. The molecule has 0 radical (unpaired) electrons. The molecule has 2 aromatic carbocycles. The largest absolute Gasteiger partial charge is 1.00 e. The fourth-order valence-corrected chi connectivity index (χ4v) is 6.50. The van der Waals surface area contributed by atoms with Gasteiger partial charge >= 0.3 is 0 Å². The molecule has 0 spiro atoms. The molecule has 0 saturated heterocycles. The summed E-state index contributed by atoms with van der Waals surface area (Å²) in [5.41, 5.74) is 1.89. The lowest BCUT2D eigenvalue weighted by molar-refractivity contribution is -0.697. The second-order valence-corrected chi connectivity index (χ2v) is 12.8. The third-order valence-corrected chi connectivity index (χ3v) is 8.92. The number of hydrogen-bond acceptors (Lipinski definition) is 0. The van der Waals surface area contributed by atoms with Gasteiger partial charge in [0, 0.05) is 31.2 Å². The SMILES string of the molecule is CCCCCCCCCCCCCCCCCC[n+]1ccn(C(c2ccc(Cl)cc2Cl)c2ccc(Cl)cc2Cl)c1.[Br-]. The fraction of sp³-hybridized carbons (Fsp3) is 0.559. The third-order valence-electron chi connectivity index (χ3n) is 7.79.